The molecule has 9 nitrogen and oxygen atoms in total. The number of aromatic nitrogens is 3. The highest BCUT2D eigenvalue weighted by molar-refractivity contribution is 5.91. The third-order valence-corrected chi connectivity index (χ3v) is 5.64. The first kappa shape index (κ1) is 22.0. The predicted molar refractivity (Wildman–Crippen MR) is 117 cm³/mol. The van der Waals surface area contributed by atoms with Crippen molar-refractivity contribution < 1.29 is 18.7 Å². The molecule has 3 aromatic rings. The Hall–Kier alpha value is -3.17. The van der Waals surface area contributed by atoms with Crippen LogP contribution < -0.4 is 10.1 Å². The molecule has 9 heteroatoms. The molecule has 0 saturated heterocycles. The van der Waals surface area contributed by atoms with E-state index < -0.39 is 0 Å². The van der Waals surface area contributed by atoms with Crippen molar-refractivity contribution in [3.63, 3.8) is 0 Å². The van der Waals surface area contributed by atoms with Gasteiger partial charge in [0.25, 0.3) is 5.91 Å². The van der Waals surface area contributed by atoms with Crippen LogP contribution in [0, 0.1) is 6.92 Å². The highest BCUT2D eigenvalue weighted by atomic mass is 16.5. The quantitative estimate of drug-likeness (QED) is 0.576. The van der Waals surface area contributed by atoms with Crippen molar-refractivity contribution in [3.05, 3.63) is 64.6 Å². The largest absolute Gasteiger partial charge is 0.496 e. The van der Waals surface area contributed by atoms with Crippen LogP contribution in [-0.4, -0.2) is 52.9 Å². The normalized spacial score (nSPS) is 14.1. The van der Waals surface area contributed by atoms with Gasteiger partial charge < -0.3 is 23.8 Å². The first-order valence-corrected chi connectivity index (χ1v) is 10.7. The Balaban J connectivity index is 1.34. The molecule has 0 fully saturated rings. The summed E-state index contributed by atoms with van der Waals surface area (Å²) >= 11 is 0. The number of ether oxygens (including phenoxy) is 2. The van der Waals surface area contributed by atoms with E-state index in [0.29, 0.717) is 18.9 Å². The van der Waals surface area contributed by atoms with E-state index in [1.165, 1.54) is 5.56 Å². The molecule has 1 aliphatic heterocycles. The molecule has 0 bridgehead atoms. The van der Waals surface area contributed by atoms with Crippen LogP contribution in [-0.2, 0) is 37.4 Å². The summed E-state index contributed by atoms with van der Waals surface area (Å²) in [6.07, 6.45) is 0.814. The Kier molecular flexibility index (Phi) is 6.87. The van der Waals surface area contributed by atoms with Gasteiger partial charge in [-0.15, -0.1) is 10.2 Å². The van der Waals surface area contributed by atoms with Crippen LogP contribution in [0.4, 0.5) is 0 Å². The van der Waals surface area contributed by atoms with Crippen molar-refractivity contribution in [1.29, 1.82) is 0 Å². The Morgan fingerprint density at radius 3 is 2.81 bits per heavy atom. The molecule has 1 aromatic carbocycles. The molecule has 0 radical (unpaired) electrons. The van der Waals surface area contributed by atoms with Crippen LogP contribution in [0.25, 0.3) is 0 Å². The standard InChI is InChI=1S/C23H29N5O4/c1-16-12-17(4-6-19(16)31-3)14-27-9-8-21-25-26-22(28(21)11-10-27)13-24-23(29)20-7-5-18(32-20)15-30-2/h4-7,12H,8-11,13-15H2,1-3H3,(H,24,29). The zero-order valence-electron chi connectivity index (χ0n) is 18.8. The lowest BCUT2D eigenvalue weighted by Crippen LogP contribution is -2.28. The number of hydrogen-bond acceptors (Lipinski definition) is 7. The minimum absolute atomic E-state index is 0.258. The third kappa shape index (κ3) is 5.00. The highest BCUT2D eigenvalue weighted by Gasteiger charge is 2.20. The summed E-state index contributed by atoms with van der Waals surface area (Å²) in [6.45, 7) is 6.13. The zero-order valence-corrected chi connectivity index (χ0v) is 18.8. The summed E-state index contributed by atoms with van der Waals surface area (Å²) in [5.74, 6) is 3.19. The van der Waals surface area contributed by atoms with E-state index in [9.17, 15) is 4.79 Å². The Labute approximate surface area is 187 Å². The van der Waals surface area contributed by atoms with E-state index in [1.807, 2.05) is 6.07 Å². The van der Waals surface area contributed by atoms with Crippen molar-refractivity contribution >= 4 is 5.91 Å². The molecule has 0 aliphatic carbocycles. The summed E-state index contributed by atoms with van der Waals surface area (Å²) in [6, 6.07) is 9.70. The molecule has 2 aromatic heterocycles. The van der Waals surface area contributed by atoms with Crippen LogP contribution >= 0.6 is 0 Å². The first-order valence-electron chi connectivity index (χ1n) is 10.7. The van der Waals surface area contributed by atoms with Crippen LogP contribution in [0.15, 0.2) is 34.7 Å². The third-order valence-electron chi connectivity index (χ3n) is 5.64. The smallest absolute Gasteiger partial charge is 0.287 e. The molecule has 4 rings (SSSR count). The van der Waals surface area contributed by atoms with Crippen molar-refractivity contribution in [1.82, 2.24) is 25.0 Å². The minimum atomic E-state index is -0.283. The number of aryl methyl sites for hydroxylation is 1. The van der Waals surface area contributed by atoms with E-state index >= 15 is 0 Å². The maximum Gasteiger partial charge on any atom is 0.287 e. The number of nitrogens with one attached hydrogen (secondary N) is 1. The van der Waals surface area contributed by atoms with Crippen molar-refractivity contribution in [2.24, 2.45) is 0 Å². The van der Waals surface area contributed by atoms with Gasteiger partial charge in [0.15, 0.2) is 11.6 Å². The fourth-order valence-corrected chi connectivity index (χ4v) is 3.98. The summed E-state index contributed by atoms with van der Waals surface area (Å²) in [7, 11) is 3.28. The Bertz CT molecular complexity index is 1070. The number of amides is 1. The molecular formula is C23H29N5O4. The van der Waals surface area contributed by atoms with Crippen LogP contribution in [0.3, 0.4) is 0 Å². The molecular weight excluding hydrogens is 410 g/mol. The molecule has 0 spiro atoms. The van der Waals surface area contributed by atoms with Gasteiger partial charge in [-0.2, -0.15) is 0 Å². The fourth-order valence-electron chi connectivity index (χ4n) is 3.98. The van der Waals surface area contributed by atoms with Gasteiger partial charge in [0, 0.05) is 39.7 Å². The number of carbonyl (C=O) groups is 1. The van der Waals surface area contributed by atoms with Gasteiger partial charge in [-0.05, 0) is 36.2 Å². The van der Waals surface area contributed by atoms with E-state index in [0.717, 1.165) is 55.6 Å². The lowest BCUT2D eigenvalue weighted by molar-refractivity contribution is 0.0913. The fraction of sp³-hybridized carbons (Fsp3) is 0.435. The number of methoxy groups -OCH3 is 2. The summed E-state index contributed by atoms with van der Waals surface area (Å²) in [5, 5.41) is 11.5. The van der Waals surface area contributed by atoms with Gasteiger partial charge in [-0.3, -0.25) is 9.69 Å². The number of nitrogens with zero attached hydrogens (tertiary/aromatic N) is 4. The Morgan fingerprint density at radius 1 is 1.16 bits per heavy atom. The molecule has 0 unspecified atom stereocenters. The van der Waals surface area contributed by atoms with Crippen molar-refractivity contribution in [2.45, 2.75) is 39.6 Å². The van der Waals surface area contributed by atoms with E-state index in [1.54, 1.807) is 26.4 Å². The average molecular weight is 440 g/mol. The lowest BCUT2D eigenvalue weighted by atomic mass is 10.1. The summed E-state index contributed by atoms with van der Waals surface area (Å²) in [4.78, 5) is 14.8. The first-order chi connectivity index (χ1) is 15.6. The number of rotatable bonds is 8. The predicted octanol–water partition coefficient (Wildman–Crippen LogP) is 2.32. The molecule has 1 amide bonds. The molecule has 0 atom stereocenters. The van der Waals surface area contributed by atoms with Gasteiger partial charge in [-0.25, -0.2) is 0 Å². The van der Waals surface area contributed by atoms with Gasteiger partial charge in [0.1, 0.15) is 23.9 Å². The topological polar surface area (TPSA) is 94.6 Å². The van der Waals surface area contributed by atoms with E-state index in [-0.39, 0.29) is 11.7 Å². The zero-order chi connectivity index (χ0) is 22.5. The molecule has 1 aliphatic rings. The summed E-state index contributed by atoms with van der Waals surface area (Å²) in [5.41, 5.74) is 2.40. The van der Waals surface area contributed by atoms with Crippen LogP contribution in [0.5, 0.6) is 5.75 Å². The monoisotopic (exact) mass is 439 g/mol. The molecule has 1 N–H and O–H groups in total. The average Bonchev–Trinajstić information content (AvgIpc) is 3.36. The van der Waals surface area contributed by atoms with Gasteiger partial charge in [-0.1, -0.05) is 12.1 Å². The molecule has 3 heterocycles. The number of carbonyl (C=O) groups excluding carboxylic acids is 1. The second-order valence-electron chi connectivity index (χ2n) is 7.90. The second kappa shape index (κ2) is 9.97. The maximum atomic E-state index is 12.4. The number of hydrogen-bond donors (Lipinski definition) is 1. The minimum Gasteiger partial charge on any atom is -0.496 e. The molecule has 0 saturated carbocycles. The number of benzene rings is 1. The molecule has 170 valence electrons. The van der Waals surface area contributed by atoms with E-state index in [2.05, 4.69) is 44.0 Å². The van der Waals surface area contributed by atoms with Gasteiger partial charge in [0.05, 0.1) is 13.7 Å². The second-order valence-corrected chi connectivity index (χ2v) is 7.90. The van der Waals surface area contributed by atoms with Gasteiger partial charge in [0.2, 0.25) is 0 Å². The lowest BCUT2D eigenvalue weighted by Gasteiger charge is -2.20. The van der Waals surface area contributed by atoms with Crippen molar-refractivity contribution in [3.8, 4) is 5.75 Å². The van der Waals surface area contributed by atoms with Gasteiger partial charge >= 0.3 is 0 Å². The van der Waals surface area contributed by atoms with Crippen LogP contribution in [0.2, 0.25) is 0 Å². The number of furan rings is 1. The molecule has 32 heavy (non-hydrogen) atoms. The van der Waals surface area contributed by atoms with E-state index in [4.69, 9.17) is 13.9 Å². The van der Waals surface area contributed by atoms with Crippen LogP contribution in [0.1, 0.15) is 39.1 Å². The highest BCUT2D eigenvalue weighted by Crippen LogP contribution is 2.20. The number of fused-ring (bicyclic) bond motifs is 1. The van der Waals surface area contributed by atoms with Crippen molar-refractivity contribution in [2.75, 3.05) is 27.3 Å². The Morgan fingerprint density at radius 2 is 2.03 bits per heavy atom. The SMILES string of the molecule is COCc1ccc(C(=O)NCc2nnc3n2CCN(Cc2ccc(OC)c(C)c2)CC3)o1. The maximum absolute atomic E-state index is 12.4. The summed E-state index contributed by atoms with van der Waals surface area (Å²) < 4.78 is 18.0.